The Morgan fingerprint density at radius 1 is 0.967 bits per heavy atom. The molecular formula is C29H50O. The zero-order valence-electron chi connectivity index (χ0n) is 21.0. The van der Waals surface area contributed by atoms with Crippen LogP contribution in [0.15, 0.2) is 11.1 Å². The molecule has 0 aliphatic heterocycles. The van der Waals surface area contributed by atoms with E-state index in [0.29, 0.717) is 10.8 Å². The van der Waals surface area contributed by atoms with Gasteiger partial charge in [-0.1, -0.05) is 65.5 Å². The van der Waals surface area contributed by atoms with E-state index in [2.05, 4.69) is 41.5 Å². The van der Waals surface area contributed by atoms with E-state index in [9.17, 15) is 5.11 Å². The molecule has 4 aliphatic rings. The quantitative estimate of drug-likeness (QED) is 0.434. The summed E-state index contributed by atoms with van der Waals surface area (Å²) >= 11 is 0. The molecule has 0 aromatic rings. The lowest BCUT2D eigenvalue weighted by Crippen LogP contribution is -2.48. The van der Waals surface area contributed by atoms with Gasteiger partial charge in [0, 0.05) is 0 Å². The van der Waals surface area contributed by atoms with Crippen LogP contribution in [0.25, 0.3) is 0 Å². The minimum Gasteiger partial charge on any atom is -0.393 e. The number of allylic oxidation sites excluding steroid dienone is 2. The second-order valence-electron chi connectivity index (χ2n) is 12.8. The Bertz CT molecular complexity index is 647. The molecule has 30 heavy (non-hydrogen) atoms. The van der Waals surface area contributed by atoms with Gasteiger partial charge in [-0.2, -0.15) is 0 Å². The van der Waals surface area contributed by atoms with Gasteiger partial charge >= 0.3 is 0 Å². The maximum Gasteiger partial charge on any atom is 0.0543 e. The molecule has 3 saturated carbocycles. The van der Waals surface area contributed by atoms with Crippen LogP contribution in [-0.2, 0) is 0 Å². The molecular weight excluding hydrogens is 364 g/mol. The Labute approximate surface area is 187 Å². The fourth-order valence-electron chi connectivity index (χ4n) is 9.11. The molecule has 0 unspecified atom stereocenters. The lowest BCUT2D eigenvalue weighted by atomic mass is 9.49. The minimum absolute atomic E-state index is 0.0272. The first-order valence-corrected chi connectivity index (χ1v) is 13.6. The van der Waals surface area contributed by atoms with Crippen LogP contribution in [0.5, 0.6) is 0 Å². The van der Waals surface area contributed by atoms with Crippen LogP contribution in [0.3, 0.4) is 0 Å². The van der Waals surface area contributed by atoms with E-state index < -0.39 is 0 Å². The van der Waals surface area contributed by atoms with Gasteiger partial charge in [0.05, 0.1) is 6.10 Å². The topological polar surface area (TPSA) is 20.2 Å². The van der Waals surface area contributed by atoms with Crippen LogP contribution in [0.1, 0.15) is 119 Å². The second kappa shape index (κ2) is 8.57. The average molecular weight is 415 g/mol. The molecule has 4 aliphatic carbocycles. The molecule has 0 aromatic heterocycles. The smallest absolute Gasteiger partial charge is 0.0543 e. The van der Waals surface area contributed by atoms with Gasteiger partial charge < -0.3 is 5.11 Å². The van der Waals surface area contributed by atoms with Gasteiger partial charge in [0.25, 0.3) is 0 Å². The Kier molecular flexibility index (Phi) is 6.53. The van der Waals surface area contributed by atoms with Crippen molar-refractivity contribution < 1.29 is 5.11 Å². The van der Waals surface area contributed by atoms with Crippen molar-refractivity contribution in [1.82, 2.24) is 0 Å². The molecule has 0 aromatic carbocycles. The number of hydrogen-bond donors (Lipinski definition) is 1. The molecule has 8 atom stereocenters. The highest BCUT2D eigenvalue weighted by Crippen LogP contribution is 2.65. The molecule has 0 heterocycles. The van der Waals surface area contributed by atoms with Crippen LogP contribution in [0, 0.1) is 46.3 Å². The molecule has 1 nitrogen and oxygen atoms in total. The highest BCUT2D eigenvalue weighted by Gasteiger charge is 2.55. The standard InChI is InChI=1S/C29H50O/c1-7-21(19(2)3)9-8-20(4)25-12-13-26-24-11-10-22-18-23(30)14-16-28(22,5)27(24)15-17-29(25,26)6/h19-23,25,27,30H,7-18H2,1-6H3/t20-,21-,22+,23-,25+,27+,28+,29+/m1/s1. The molecule has 0 saturated heterocycles. The van der Waals surface area contributed by atoms with Crippen LogP contribution in [0.4, 0.5) is 0 Å². The largest absolute Gasteiger partial charge is 0.393 e. The molecule has 172 valence electrons. The van der Waals surface area contributed by atoms with Crippen molar-refractivity contribution in [3.8, 4) is 0 Å². The summed E-state index contributed by atoms with van der Waals surface area (Å²) in [5.74, 6) is 5.11. The maximum atomic E-state index is 10.3. The lowest BCUT2D eigenvalue weighted by Gasteiger charge is -2.56. The van der Waals surface area contributed by atoms with Gasteiger partial charge in [-0.05, 0) is 111 Å². The third kappa shape index (κ3) is 3.74. The fourth-order valence-corrected chi connectivity index (χ4v) is 9.11. The predicted molar refractivity (Wildman–Crippen MR) is 128 cm³/mol. The summed E-state index contributed by atoms with van der Waals surface area (Å²) in [5, 5.41) is 10.3. The van der Waals surface area contributed by atoms with Gasteiger partial charge in [-0.25, -0.2) is 0 Å². The molecule has 0 amide bonds. The lowest BCUT2D eigenvalue weighted by molar-refractivity contribution is -0.0381. The van der Waals surface area contributed by atoms with E-state index >= 15 is 0 Å². The van der Waals surface area contributed by atoms with E-state index in [4.69, 9.17) is 0 Å². The zero-order chi connectivity index (χ0) is 21.7. The number of aliphatic hydroxyl groups is 1. The first-order chi connectivity index (χ1) is 14.2. The SMILES string of the molecule is CC[C@H](CC[C@@H](C)[C@@H]1CCC2=C3CC[C@H]4C[C@H](O)CC[C@]4(C)[C@H]3CC[C@]21C)C(C)C. The summed E-state index contributed by atoms with van der Waals surface area (Å²) < 4.78 is 0. The van der Waals surface area contributed by atoms with E-state index in [1.54, 1.807) is 0 Å². The fraction of sp³-hybridized carbons (Fsp3) is 0.931. The highest BCUT2D eigenvalue weighted by molar-refractivity contribution is 5.34. The van der Waals surface area contributed by atoms with E-state index in [1.807, 2.05) is 11.1 Å². The second-order valence-corrected chi connectivity index (χ2v) is 12.8. The number of rotatable bonds is 6. The Hall–Kier alpha value is -0.300. The zero-order valence-corrected chi connectivity index (χ0v) is 21.0. The van der Waals surface area contributed by atoms with Crippen LogP contribution in [0.2, 0.25) is 0 Å². The minimum atomic E-state index is -0.0272. The average Bonchev–Trinajstić information content (AvgIpc) is 3.06. The van der Waals surface area contributed by atoms with Crippen molar-refractivity contribution in [1.29, 1.82) is 0 Å². The third-order valence-electron chi connectivity index (χ3n) is 11.2. The van der Waals surface area contributed by atoms with Crippen molar-refractivity contribution in [3.05, 3.63) is 11.1 Å². The Morgan fingerprint density at radius 3 is 2.43 bits per heavy atom. The normalized spacial score (nSPS) is 43.2. The van der Waals surface area contributed by atoms with E-state index in [1.165, 1.54) is 64.2 Å². The summed E-state index contributed by atoms with van der Waals surface area (Å²) in [5.41, 5.74) is 4.80. The monoisotopic (exact) mass is 414 g/mol. The highest BCUT2D eigenvalue weighted by atomic mass is 16.3. The van der Waals surface area contributed by atoms with Gasteiger partial charge in [-0.15, -0.1) is 0 Å². The summed E-state index contributed by atoms with van der Waals surface area (Å²) in [6, 6.07) is 0. The molecule has 1 heteroatoms. The first kappa shape index (κ1) is 22.9. The number of aliphatic hydroxyl groups excluding tert-OH is 1. The molecule has 1 N–H and O–H groups in total. The van der Waals surface area contributed by atoms with Crippen molar-refractivity contribution in [2.75, 3.05) is 0 Å². The van der Waals surface area contributed by atoms with E-state index in [-0.39, 0.29) is 6.10 Å². The van der Waals surface area contributed by atoms with Crippen LogP contribution < -0.4 is 0 Å². The van der Waals surface area contributed by atoms with Gasteiger partial charge in [0.1, 0.15) is 0 Å². The van der Waals surface area contributed by atoms with Crippen molar-refractivity contribution >= 4 is 0 Å². The molecule has 4 rings (SSSR count). The van der Waals surface area contributed by atoms with Gasteiger partial charge in [0.2, 0.25) is 0 Å². The Morgan fingerprint density at radius 2 is 1.73 bits per heavy atom. The molecule has 0 radical (unpaired) electrons. The van der Waals surface area contributed by atoms with Crippen LogP contribution in [-0.4, -0.2) is 11.2 Å². The van der Waals surface area contributed by atoms with Crippen molar-refractivity contribution in [3.63, 3.8) is 0 Å². The first-order valence-electron chi connectivity index (χ1n) is 13.6. The number of hydrogen-bond acceptors (Lipinski definition) is 1. The van der Waals surface area contributed by atoms with E-state index in [0.717, 1.165) is 48.3 Å². The summed E-state index contributed by atoms with van der Waals surface area (Å²) in [6.07, 6.45) is 15.9. The van der Waals surface area contributed by atoms with Crippen molar-refractivity contribution in [2.24, 2.45) is 46.3 Å². The van der Waals surface area contributed by atoms with Gasteiger partial charge in [-0.3, -0.25) is 0 Å². The maximum absolute atomic E-state index is 10.3. The molecule has 0 bridgehead atoms. The summed E-state index contributed by atoms with van der Waals surface area (Å²) in [6.45, 7) is 15.1. The predicted octanol–water partition coefficient (Wildman–Crippen LogP) is 8.17. The van der Waals surface area contributed by atoms with Gasteiger partial charge in [0.15, 0.2) is 0 Å². The third-order valence-corrected chi connectivity index (χ3v) is 11.2. The molecule has 0 spiro atoms. The summed E-state index contributed by atoms with van der Waals surface area (Å²) in [4.78, 5) is 0. The number of fused-ring (bicyclic) bond motifs is 4. The summed E-state index contributed by atoms with van der Waals surface area (Å²) in [7, 11) is 0. The van der Waals surface area contributed by atoms with Crippen LogP contribution >= 0.6 is 0 Å². The van der Waals surface area contributed by atoms with Crippen molar-refractivity contribution in [2.45, 2.75) is 125 Å². The Balaban J connectivity index is 1.52. The molecule has 3 fully saturated rings.